The molecule has 0 saturated carbocycles. The maximum absolute atomic E-state index is 14.8. The van der Waals surface area contributed by atoms with Crippen LogP contribution in [0.25, 0.3) is 27.9 Å². The average molecular weight is 472 g/mol. The summed E-state index contributed by atoms with van der Waals surface area (Å²) in [7, 11) is 0. The van der Waals surface area contributed by atoms with Crippen molar-refractivity contribution in [1.29, 1.82) is 0 Å². The van der Waals surface area contributed by atoms with Crippen LogP contribution in [-0.2, 0) is 4.74 Å². The Morgan fingerprint density at radius 3 is 2.69 bits per heavy atom. The van der Waals surface area contributed by atoms with Crippen LogP contribution >= 0.6 is 0 Å². The van der Waals surface area contributed by atoms with E-state index < -0.39 is 11.6 Å². The van der Waals surface area contributed by atoms with Crippen molar-refractivity contribution in [2.45, 2.75) is 38.7 Å². The van der Waals surface area contributed by atoms with Gasteiger partial charge in [0.1, 0.15) is 28.7 Å². The molecule has 1 aliphatic heterocycles. The van der Waals surface area contributed by atoms with Crippen molar-refractivity contribution >= 4 is 16.7 Å². The molecule has 5 aromatic rings. The molecule has 1 aromatic carbocycles. The number of hydrogen-bond acceptors (Lipinski definition) is 6. The van der Waals surface area contributed by atoms with E-state index in [1.807, 2.05) is 36.7 Å². The summed E-state index contributed by atoms with van der Waals surface area (Å²) in [5.41, 5.74) is 4.79. The Kier molecular flexibility index (Phi) is 5.21. The molecule has 1 aliphatic rings. The van der Waals surface area contributed by atoms with Gasteiger partial charge in [0.25, 0.3) is 0 Å². The lowest BCUT2D eigenvalue weighted by molar-refractivity contribution is 0.00402. The maximum Gasteiger partial charge on any atom is 0.182 e. The van der Waals surface area contributed by atoms with Crippen molar-refractivity contribution in [1.82, 2.24) is 29.5 Å². The third kappa shape index (κ3) is 3.91. The van der Waals surface area contributed by atoms with Gasteiger partial charge in [-0.2, -0.15) is 5.10 Å². The Labute approximate surface area is 199 Å². The van der Waals surface area contributed by atoms with Crippen LogP contribution in [0, 0.1) is 25.5 Å². The van der Waals surface area contributed by atoms with E-state index in [-0.39, 0.29) is 17.6 Å². The molecule has 176 valence electrons. The Bertz CT molecular complexity index is 1580. The fourth-order valence-corrected chi connectivity index (χ4v) is 4.58. The Balaban J connectivity index is 1.44. The second-order valence-electron chi connectivity index (χ2n) is 8.86. The van der Waals surface area contributed by atoms with Gasteiger partial charge in [-0.1, -0.05) is 0 Å². The highest BCUT2D eigenvalue weighted by Gasteiger charge is 2.29. The van der Waals surface area contributed by atoms with E-state index in [0.29, 0.717) is 41.4 Å². The number of ether oxygens (including phenoxy) is 1. The first-order chi connectivity index (χ1) is 17.0. The zero-order valence-electron chi connectivity index (χ0n) is 19.2. The van der Waals surface area contributed by atoms with Crippen LogP contribution in [-0.4, -0.2) is 36.2 Å². The van der Waals surface area contributed by atoms with Gasteiger partial charge in [0.2, 0.25) is 0 Å². The predicted molar refractivity (Wildman–Crippen MR) is 126 cm³/mol. The highest BCUT2D eigenvalue weighted by Crippen LogP contribution is 2.38. The van der Waals surface area contributed by atoms with Gasteiger partial charge in [0, 0.05) is 36.5 Å². The minimum absolute atomic E-state index is 0.0232. The van der Waals surface area contributed by atoms with Crippen LogP contribution in [0.15, 0.2) is 48.8 Å². The van der Waals surface area contributed by atoms with E-state index in [4.69, 9.17) is 14.7 Å². The summed E-state index contributed by atoms with van der Waals surface area (Å²) in [4.78, 5) is 18.8. The molecule has 9 heteroatoms. The molecule has 35 heavy (non-hydrogen) atoms. The Morgan fingerprint density at radius 2 is 1.83 bits per heavy atom. The van der Waals surface area contributed by atoms with Gasteiger partial charge in [-0.05, 0) is 62.6 Å². The molecule has 5 heterocycles. The summed E-state index contributed by atoms with van der Waals surface area (Å²) < 4.78 is 36.4. The van der Waals surface area contributed by atoms with Gasteiger partial charge in [0.15, 0.2) is 5.65 Å². The molecule has 7 nitrogen and oxygen atoms in total. The van der Waals surface area contributed by atoms with Crippen molar-refractivity contribution in [2.75, 3.05) is 6.61 Å². The summed E-state index contributed by atoms with van der Waals surface area (Å²) in [5, 5.41) is 4.25. The van der Waals surface area contributed by atoms with E-state index in [1.54, 1.807) is 6.20 Å². The molecular weight excluding hydrogens is 450 g/mol. The molecule has 2 unspecified atom stereocenters. The summed E-state index contributed by atoms with van der Waals surface area (Å²) >= 11 is 0. The van der Waals surface area contributed by atoms with Crippen LogP contribution in [0.3, 0.4) is 0 Å². The van der Waals surface area contributed by atoms with Crippen LogP contribution in [0.2, 0.25) is 0 Å². The number of benzene rings is 1. The lowest BCUT2D eigenvalue weighted by Gasteiger charge is -2.29. The third-order valence-corrected chi connectivity index (χ3v) is 6.59. The number of pyridine rings is 1. The summed E-state index contributed by atoms with van der Waals surface area (Å²) in [6.07, 6.45) is 4.93. The van der Waals surface area contributed by atoms with Gasteiger partial charge in [0.05, 0.1) is 23.0 Å². The maximum atomic E-state index is 14.8. The van der Waals surface area contributed by atoms with Crippen LogP contribution in [0.5, 0.6) is 0 Å². The smallest absolute Gasteiger partial charge is 0.182 e. The number of aryl methyl sites for hydroxylation is 2. The SMILES string of the molecule is Cc1nc2nc(C3CCOC(c4ccn5nccc5c4)C3)nc(-c3ccc(F)cc3F)c2nc1C. The first-order valence-corrected chi connectivity index (χ1v) is 11.5. The molecule has 0 aliphatic carbocycles. The highest BCUT2D eigenvalue weighted by atomic mass is 19.1. The fourth-order valence-electron chi connectivity index (χ4n) is 4.58. The van der Waals surface area contributed by atoms with Gasteiger partial charge < -0.3 is 4.74 Å². The number of halogens is 2. The Morgan fingerprint density at radius 1 is 0.971 bits per heavy atom. The molecular formula is C26H22F2N6O. The van der Waals surface area contributed by atoms with Crippen molar-refractivity contribution in [3.8, 4) is 11.3 Å². The van der Waals surface area contributed by atoms with Crippen molar-refractivity contribution in [2.24, 2.45) is 0 Å². The van der Waals surface area contributed by atoms with E-state index in [2.05, 4.69) is 21.1 Å². The Hall–Kier alpha value is -3.85. The van der Waals surface area contributed by atoms with E-state index >= 15 is 0 Å². The van der Waals surface area contributed by atoms with Gasteiger partial charge in [-0.25, -0.2) is 33.2 Å². The summed E-state index contributed by atoms with van der Waals surface area (Å²) in [6.45, 7) is 4.24. The quantitative estimate of drug-likeness (QED) is 0.356. The molecule has 0 amide bonds. The van der Waals surface area contributed by atoms with E-state index in [1.165, 1.54) is 12.1 Å². The van der Waals surface area contributed by atoms with Crippen LogP contribution in [0.4, 0.5) is 8.78 Å². The first-order valence-electron chi connectivity index (χ1n) is 11.5. The largest absolute Gasteiger partial charge is 0.373 e. The second kappa shape index (κ2) is 8.42. The monoisotopic (exact) mass is 472 g/mol. The number of nitrogens with zero attached hydrogens (tertiary/aromatic N) is 6. The zero-order valence-corrected chi connectivity index (χ0v) is 19.2. The molecule has 4 aromatic heterocycles. The number of aromatic nitrogens is 6. The topological polar surface area (TPSA) is 78.1 Å². The standard InChI is InChI=1S/C26H22F2N6O/c1-14-15(2)31-26-24(30-14)23(20-4-3-18(27)13-21(20)28)32-25(33-26)17-7-10-35-22(12-17)16-6-9-34-19(11-16)5-8-29-34/h3-6,8-9,11,13,17,22H,7,10,12H2,1-2H3. The first kappa shape index (κ1) is 21.7. The lowest BCUT2D eigenvalue weighted by atomic mass is 9.91. The average Bonchev–Trinajstić information content (AvgIpc) is 3.33. The second-order valence-corrected chi connectivity index (χ2v) is 8.86. The van der Waals surface area contributed by atoms with Crippen LogP contribution < -0.4 is 0 Å². The normalized spacial score (nSPS) is 18.4. The summed E-state index contributed by atoms with van der Waals surface area (Å²) in [5.74, 6) is -0.808. The lowest BCUT2D eigenvalue weighted by Crippen LogP contribution is -2.21. The van der Waals surface area contributed by atoms with Gasteiger partial charge >= 0.3 is 0 Å². The molecule has 0 N–H and O–H groups in total. The number of hydrogen-bond donors (Lipinski definition) is 0. The minimum Gasteiger partial charge on any atom is -0.373 e. The van der Waals surface area contributed by atoms with Crippen molar-refractivity contribution in [3.05, 3.63) is 83.2 Å². The molecule has 0 bridgehead atoms. The minimum atomic E-state index is -0.699. The van der Waals surface area contributed by atoms with Crippen LogP contribution in [0.1, 0.15) is 47.6 Å². The van der Waals surface area contributed by atoms with E-state index in [9.17, 15) is 8.78 Å². The molecule has 0 spiro atoms. The molecule has 6 rings (SSSR count). The third-order valence-electron chi connectivity index (χ3n) is 6.59. The van der Waals surface area contributed by atoms with Crippen molar-refractivity contribution in [3.63, 3.8) is 0 Å². The molecule has 1 saturated heterocycles. The number of rotatable bonds is 3. The fraction of sp³-hybridized carbons (Fsp3) is 0.269. The predicted octanol–water partition coefficient (Wildman–Crippen LogP) is 5.26. The zero-order chi connectivity index (χ0) is 24.1. The molecule has 2 atom stereocenters. The highest BCUT2D eigenvalue weighted by molar-refractivity contribution is 5.87. The molecule has 1 fully saturated rings. The van der Waals surface area contributed by atoms with Gasteiger partial charge in [-0.3, -0.25) is 0 Å². The summed E-state index contributed by atoms with van der Waals surface area (Å²) in [6, 6.07) is 9.49. The van der Waals surface area contributed by atoms with Gasteiger partial charge in [-0.15, -0.1) is 0 Å². The number of fused-ring (bicyclic) bond motifs is 2. The van der Waals surface area contributed by atoms with Crippen molar-refractivity contribution < 1.29 is 13.5 Å². The van der Waals surface area contributed by atoms with E-state index in [0.717, 1.165) is 29.3 Å². The molecule has 0 radical (unpaired) electrons.